The molecule has 0 radical (unpaired) electrons. The van der Waals surface area contributed by atoms with E-state index in [1.807, 2.05) is 70.2 Å². The molecule has 3 rings (SSSR count). The van der Waals surface area contributed by atoms with Crippen LogP contribution in [0, 0.1) is 6.92 Å². The predicted molar refractivity (Wildman–Crippen MR) is 141 cm³/mol. The van der Waals surface area contributed by atoms with Crippen LogP contribution in [0.25, 0.3) is 0 Å². The lowest BCUT2D eigenvalue weighted by Crippen LogP contribution is -2.15. The number of rotatable bonds is 2. The highest BCUT2D eigenvalue weighted by Crippen LogP contribution is 2.22. The van der Waals surface area contributed by atoms with Gasteiger partial charge in [0.15, 0.2) is 0 Å². The number of anilines is 4. The molecule has 7 nitrogen and oxygen atoms in total. The first kappa shape index (κ1) is 28.6. The third-order valence-electron chi connectivity index (χ3n) is 4.37. The summed E-state index contributed by atoms with van der Waals surface area (Å²) in [5.74, 6) is 0. The third-order valence-corrected chi connectivity index (χ3v) is 4.37. The highest BCUT2D eigenvalue weighted by Gasteiger charge is 2.20. The Morgan fingerprint density at radius 2 is 1.38 bits per heavy atom. The van der Waals surface area contributed by atoms with Crippen LogP contribution in [0.3, 0.4) is 0 Å². The molecule has 0 spiro atoms. The number of H-pyrrole nitrogens is 2. The molecule has 0 fully saturated rings. The summed E-state index contributed by atoms with van der Waals surface area (Å²) in [5, 5.41) is 5.19. The Balaban J connectivity index is 0.000000416. The highest BCUT2D eigenvalue weighted by molar-refractivity contribution is 5.54. The van der Waals surface area contributed by atoms with Crippen LogP contribution < -0.4 is 28.5 Å². The van der Waals surface area contributed by atoms with Crippen molar-refractivity contribution in [2.24, 2.45) is 0 Å². The number of nitrogens with one attached hydrogen (secondary N) is 2. The van der Waals surface area contributed by atoms with E-state index in [0.717, 1.165) is 28.3 Å². The fraction of sp³-hybridized carbons (Fsp3) is 0.400. The number of para-hydroxylation sites is 1. The van der Waals surface area contributed by atoms with E-state index in [4.69, 9.17) is 22.9 Å². The van der Waals surface area contributed by atoms with Gasteiger partial charge in [-0.15, -0.1) is 0 Å². The minimum absolute atomic E-state index is 0.108. The Morgan fingerprint density at radius 3 is 1.62 bits per heavy atom. The summed E-state index contributed by atoms with van der Waals surface area (Å²) in [6, 6.07) is 14.9. The first-order valence-electron chi connectivity index (χ1n) is 10.9. The molecule has 0 aliphatic heterocycles. The van der Waals surface area contributed by atoms with Crippen molar-refractivity contribution in [3.05, 3.63) is 70.1 Å². The van der Waals surface area contributed by atoms with Crippen LogP contribution in [0.5, 0.6) is 0 Å². The van der Waals surface area contributed by atoms with Crippen LogP contribution in [0.1, 0.15) is 65.1 Å². The maximum Gasteiger partial charge on any atom is 0.287 e. The number of aromatic amines is 2. The first-order valence-corrected chi connectivity index (χ1v) is 10.9. The molecule has 0 saturated heterocycles. The van der Waals surface area contributed by atoms with Crippen LogP contribution in [0.15, 0.2) is 53.3 Å². The van der Waals surface area contributed by atoms with Gasteiger partial charge in [0.2, 0.25) is 0 Å². The number of hydrogen-bond donors (Lipinski definition) is 6. The van der Waals surface area contributed by atoms with Crippen LogP contribution in [-0.4, -0.2) is 10.2 Å². The number of aryl methyl sites for hydroxylation is 1. The second-order valence-corrected chi connectivity index (χ2v) is 8.50. The van der Waals surface area contributed by atoms with E-state index in [9.17, 15) is 4.79 Å². The standard InChI is InChI=1S/C7H13N3O.C7H10N2.C6H7N.C5H12/c1-7(2,3)5-4(8)6(11)10-9-5;1-5-4-6(8)2-3-7(5)9;7-6-4-2-1-3-5-6;1-3-5-4-2/h8H2,1-3H3,(H2,9,10,11);2-4H,8-9H2,1H3;1-5H,7H2;3-5H2,1-2H3. The number of nitrogens with two attached hydrogens (primary N) is 4. The molecule has 32 heavy (non-hydrogen) atoms. The molecular formula is C25H42N6O. The molecule has 0 saturated carbocycles. The Labute approximate surface area is 192 Å². The van der Waals surface area contributed by atoms with Crippen molar-refractivity contribution in [1.82, 2.24) is 10.2 Å². The van der Waals surface area contributed by atoms with Crippen LogP contribution in [-0.2, 0) is 5.41 Å². The van der Waals surface area contributed by atoms with Crippen molar-refractivity contribution in [2.45, 2.75) is 66.2 Å². The molecule has 1 aromatic heterocycles. The topological polar surface area (TPSA) is 153 Å². The summed E-state index contributed by atoms with van der Waals surface area (Å²) >= 11 is 0. The van der Waals surface area contributed by atoms with E-state index in [2.05, 4.69) is 24.0 Å². The van der Waals surface area contributed by atoms with E-state index < -0.39 is 0 Å². The average molecular weight is 443 g/mol. The maximum absolute atomic E-state index is 10.9. The molecule has 10 N–H and O–H groups in total. The number of aromatic nitrogens is 2. The Bertz CT molecular complexity index is 937. The lowest BCUT2D eigenvalue weighted by Gasteiger charge is -2.16. The minimum atomic E-state index is -0.241. The summed E-state index contributed by atoms with van der Waals surface area (Å²) in [6.45, 7) is 12.3. The Hall–Kier alpha value is -3.35. The quantitative estimate of drug-likeness (QED) is 0.301. The van der Waals surface area contributed by atoms with Gasteiger partial charge in [-0.05, 0) is 42.8 Å². The Kier molecular flexibility index (Phi) is 13.1. The van der Waals surface area contributed by atoms with Gasteiger partial charge in [0, 0.05) is 22.5 Å². The van der Waals surface area contributed by atoms with Gasteiger partial charge in [-0.3, -0.25) is 15.0 Å². The second kappa shape index (κ2) is 14.6. The zero-order valence-electron chi connectivity index (χ0n) is 20.5. The molecule has 0 aliphatic rings. The van der Waals surface area contributed by atoms with Crippen molar-refractivity contribution in [2.75, 3.05) is 22.9 Å². The molecule has 0 amide bonds. The highest BCUT2D eigenvalue weighted by atomic mass is 16.1. The lowest BCUT2D eigenvalue weighted by atomic mass is 9.91. The molecule has 178 valence electrons. The fourth-order valence-corrected chi connectivity index (χ4v) is 2.46. The van der Waals surface area contributed by atoms with Gasteiger partial charge in [0.05, 0.1) is 5.69 Å². The summed E-state index contributed by atoms with van der Waals surface area (Å²) in [4.78, 5) is 10.9. The number of unbranched alkanes of at least 4 members (excludes halogenated alkanes) is 2. The number of hydrogen-bond acceptors (Lipinski definition) is 5. The van der Waals surface area contributed by atoms with Crippen molar-refractivity contribution in [3.63, 3.8) is 0 Å². The third kappa shape index (κ3) is 11.7. The molecule has 0 bridgehead atoms. The number of nitrogen functional groups attached to an aromatic ring is 4. The summed E-state index contributed by atoms with van der Waals surface area (Å²) < 4.78 is 0. The largest absolute Gasteiger partial charge is 0.399 e. The zero-order valence-corrected chi connectivity index (χ0v) is 20.5. The summed E-state index contributed by atoms with van der Waals surface area (Å²) in [5.41, 5.74) is 26.0. The fourth-order valence-electron chi connectivity index (χ4n) is 2.46. The molecular weight excluding hydrogens is 400 g/mol. The monoisotopic (exact) mass is 442 g/mol. The lowest BCUT2D eigenvalue weighted by molar-refractivity contribution is 0.569. The van der Waals surface area contributed by atoms with Crippen LogP contribution >= 0.6 is 0 Å². The second-order valence-electron chi connectivity index (χ2n) is 8.50. The maximum atomic E-state index is 10.9. The minimum Gasteiger partial charge on any atom is -0.399 e. The van der Waals surface area contributed by atoms with Crippen LogP contribution in [0.2, 0.25) is 0 Å². The zero-order chi connectivity index (χ0) is 24.7. The smallest absolute Gasteiger partial charge is 0.287 e. The predicted octanol–water partition coefficient (Wildman–Crippen LogP) is 5.21. The van der Waals surface area contributed by atoms with Crippen molar-refractivity contribution in [3.8, 4) is 0 Å². The SMILES string of the molecule is CC(C)(C)c1[nH][nH]c(=O)c1N.CCCCC.Cc1cc(N)ccc1N.Nc1ccccc1. The van der Waals surface area contributed by atoms with E-state index in [1.54, 1.807) is 6.07 Å². The first-order chi connectivity index (χ1) is 14.9. The van der Waals surface area contributed by atoms with Gasteiger partial charge in [-0.1, -0.05) is 72.1 Å². The molecule has 0 atom stereocenters. The van der Waals surface area contributed by atoms with Crippen molar-refractivity contribution in [1.29, 1.82) is 0 Å². The molecule has 0 aliphatic carbocycles. The van der Waals surface area contributed by atoms with Gasteiger partial charge in [0.25, 0.3) is 5.56 Å². The van der Waals surface area contributed by atoms with Crippen molar-refractivity contribution >= 4 is 22.7 Å². The van der Waals surface area contributed by atoms with E-state index in [0.29, 0.717) is 0 Å². The van der Waals surface area contributed by atoms with Gasteiger partial charge in [-0.2, -0.15) is 0 Å². The van der Waals surface area contributed by atoms with E-state index in [-0.39, 0.29) is 16.7 Å². The molecule has 0 unspecified atom stereocenters. The van der Waals surface area contributed by atoms with Gasteiger partial charge in [0.1, 0.15) is 5.69 Å². The normalized spacial score (nSPS) is 9.94. The van der Waals surface area contributed by atoms with Gasteiger partial charge in [-0.25, -0.2) is 0 Å². The van der Waals surface area contributed by atoms with E-state index in [1.165, 1.54) is 19.3 Å². The van der Waals surface area contributed by atoms with E-state index >= 15 is 0 Å². The summed E-state index contributed by atoms with van der Waals surface area (Å²) in [7, 11) is 0. The molecule has 1 heterocycles. The molecule has 2 aromatic carbocycles. The van der Waals surface area contributed by atoms with Gasteiger partial charge < -0.3 is 22.9 Å². The summed E-state index contributed by atoms with van der Waals surface area (Å²) in [6.07, 6.45) is 4.08. The Morgan fingerprint density at radius 1 is 0.812 bits per heavy atom. The number of benzene rings is 2. The van der Waals surface area contributed by atoms with Crippen molar-refractivity contribution < 1.29 is 0 Å². The molecule has 3 aromatic rings. The van der Waals surface area contributed by atoms with Crippen LogP contribution in [0.4, 0.5) is 22.7 Å². The van der Waals surface area contributed by atoms with Gasteiger partial charge >= 0.3 is 0 Å². The average Bonchev–Trinajstić information content (AvgIpc) is 3.07. The molecule has 7 heteroatoms.